The minimum absolute atomic E-state index is 0.0257. The molecule has 0 fully saturated rings. The topological polar surface area (TPSA) is 88.2 Å². The Morgan fingerprint density at radius 1 is 0.892 bits per heavy atom. The molecule has 2 bridgehead atoms. The van der Waals surface area contributed by atoms with Crippen molar-refractivity contribution in [3.63, 3.8) is 0 Å². The molecule has 2 unspecified atom stereocenters. The maximum Gasteiger partial charge on any atom is 0.251 e. The Kier molecular flexibility index (Phi) is 5.38. The van der Waals surface area contributed by atoms with E-state index in [1.54, 1.807) is 42.5 Å². The Hall–Kier alpha value is -4.36. The molecule has 2 heterocycles. The zero-order valence-corrected chi connectivity index (χ0v) is 19.9. The van der Waals surface area contributed by atoms with Crippen LogP contribution in [0.5, 0.6) is 0 Å². The number of ether oxygens (including phenoxy) is 1. The van der Waals surface area contributed by atoms with Gasteiger partial charge in [0.05, 0.1) is 0 Å². The average molecular weight is 496 g/mol. The van der Waals surface area contributed by atoms with Crippen molar-refractivity contribution < 1.29 is 18.3 Å². The first-order valence-corrected chi connectivity index (χ1v) is 11.9. The van der Waals surface area contributed by atoms with Gasteiger partial charge in [-0.05, 0) is 76.2 Å². The SMILES string of the molecule is Cc1cc(-c2ccc(F)cc2)cc2c1C1OC2c2cc(C(=O)NCc3ccc(C(=N)N)cc3)cc(F)c21. The van der Waals surface area contributed by atoms with E-state index in [0.717, 1.165) is 33.4 Å². The summed E-state index contributed by atoms with van der Waals surface area (Å²) in [6.07, 6.45) is -0.996. The second kappa shape index (κ2) is 8.64. The summed E-state index contributed by atoms with van der Waals surface area (Å²) in [5.41, 5.74) is 13.0. The van der Waals surface area contributed by atoms with Crippen LogP contribution >= 0.6 is 0 Å². The van der Waals surface area contributed by atoms with Crippen molar-refractivity contribution >= 4 is 11.7 Å². The van der Waals surface area contributed by atoms with Gasteiger partial charge in [-0.15, -0.1) is 0 Å². The molecule has 2 atom stereocenters. The predicted octanol–water partition coefficient (Wildman–Crippen LogP) is 5.68. The third-order valence-corrected chi connectivity index (χ3v) is 7.10. The van der Waals surface area contributed by atoms with E-state index in [4.69, 9.17) is 15.9 Å². The van der Waals surface area contributed by atoms with Crippen LogP contribution in [0.4, 0.5) is 8.78 Å². The van der Waals surface area contributed by atoms with Gasteiger partial charge in [-0.3, -0.25) is 10.2 Å². The predicted molar refractivity (Wildman–Crippen MR) is 136 cm³/mol. The number of hydrogen-bond donors (Lipinski definition) is 3. The number of benzene rings is 4. The van der Waals surface area contributed by atoms with Gasteiger partial charge in [0.15, 0.2) is 0 Å². The van der Waals surface area contributed by atoms with Crippen molar-refractivity contribution in [2.45, 2.75) is 25.7 Å². The molecule has 0 saturated heterocycles. The van der Waals surface area contributed by atoms with Gasteiger partial charge in [-0.2, -0.15) is 0 Å². The highest BCUT2D eigenvalue weighted by Gasteiger charge is 2.46. The number of carbonyl (C=O) groups excluding carboxylic acids is 1. The number of halogens is 2. The Bertz CT molecular complexity index is 1580. The number of amides is 1. The van der Waals surface area contributed by atoms with E-state index in [0.29, 0.717) is 16.7 Å². The molecule has 37 heavy (non-hydrogen) atoms. The third-order valence-electron chi connectivity index (χ3n) is 7.10. The third kappa shape index (κ3) is 3.88. The molecule has 5 nitrogen and oxygen atoms in total. The van der Waals surface area contributed by atoms with E-state index in [1.165, 1.54) is 18.2 Å². The molecule has 2 aliphatic rings. The van der Waals surface area contributed by atoms with Gasteiger partial charge in [0, 0.05) is 23.2 Å². The summed E-state index contributed by atoms with van der Waals surface area (Å²) in [6, 6.07) is 20.3. The van der Waals surface area contributed by atoms with Gasteiger partial charge in [0.1, 0.15) is 29.7 Å². The minimum Gasteiger partial charge on any atom is -0.384 e. The molecule has 184 valence electrons. The fourth-order valence-corrected chi connectivity index (χ4v) is 5.29. The lowest BCUT2D eigenvalue weighted by Gasteiger charge is -2.20. The number of hydrogen-bond acceptors (Lipinski definition) is 3. The van der Waals surface area contributed by atoms with Crippen LogP contribution in [0, 0.1) is 24.0 Å². The molecular weight excluding hydrogens is 472 g/mol. The van der Waals surface area contributed by atoms with E-state index in [2.05, 4.69) is 5.32 Å². The van der Waals surface area contributed by atoms with Gasteiger partial charge in [-0.25, -0.2) is 8.78 Å². The van der Waals surface area contributed by atoms with Crippen LogP contribution in [-0.4, -0.2) is 11.7 Å². The van der Waals surface area contributed by atoms with Crippen molar-refractivity contribution in [1.82, 2.24) is 5.32 Å². The Balaban J connectivity index is 1.28. The molecule has 4 aromatic carbocycles. The van der Waals surface area contributed by atoms with Crippen LogP contribution in [0.15, 0.2) is 72.8 Å². The van der Waals surface area contributed by atoms with Crippen molar-refractivity contribution in [2.75, 3.05) is 0 Å². The highest BCUT2D eigenvalue weighted by molar-refractivity contribution is 5.95. The summed E-state index contributed by atoms with van der Waals surface area (Å²) in [5, 5.41) is 10.3. The maximum absolute atomic E-state index is 15.3. The average Bonchev–Trinajstić information content (AvgIpc) is 3.45. The van der Waals surface area contributed by atoms with Gasteiger partial charge in [-0.1, -0.05) is 42.5 Å². The smallest absolute Gasteiger partial charge is 0.251 e. The lowest BCUT2D eigenvalue weighted by molar-refractivity contribution is 0.0844. The monoisotopic (exact) mass is 495 g/mol. The van der Waals surface area contributed by atoms with Crippen molar-refractivity contribution in [3.05, 3.63) is 129 Å². The number of nitrogens with one attached hydrogen (secondary N) is 2. The van der Waals surface area contributed by atoms with Crippen LogP contribution in [0.25, 0.3) is 11.1 Å². The second-order valence-electron chi connectivity index (χ2n) is 9.45. The maximum atomic E-state index is 15.3. The first-order valence-electron chi connectivity index (χ1n) is 11.9. The zero-order valence-electron chi connectivity index (χ0n) is 19.9. The number of nitrogens with two attached hydrogens (primary N) is 1. The van der Waals surface area contributed by atoms with E-state index in [1.807, 2.05) is 19.1 Å². The highest BCUT2D eigenvalue weighted by atomic mass is 19.1. The molecule has 4 aromatic rings. The molecule has 0 aromatic heterocycles. The van der Waals surface area contributed by atoms with Crippen LogP contribution in [0.3, 0.4) is 0 Å². The molecule has 7 heteroatoms. The van der Waals surface area contributed by atoms with Crippen molar-refractivity contribution in [2.24, 2.45) is 5.73 Å². The number of amidine groups is 1. The number of nitrogen functional groups attached to an aromatic ring is 1. The van der Waals surface area contributed by atoms with E-state index in [-0.39, 0.29) is 23.8 Å². The van der Waals surface area contributed by atoms with Gasteiger partial charge < -0.3 is 15.8 Å². The Morgan fingerprint density at radius 3 is 2.30 bits per heavy atom. The summed E-state index contributed by atoms with van der Waals surface area (Å²) in [5.74, 6) is -1.18. The first kappa shape index (κ1) is 23.1. The van der Waals surface area contributed by atoms with E-state index >= 15 is 4.39 Å². The Morgan fingerprint density at radius 2 is 1.59 bits per heavy atom. The van der Waals surface area contributed by atoms with Gasteiger partial charge >= 0.3 is 0 Å². The molecule has 2 aliphatic heterocycles. The van der Waals surface area contributed by atoms with Crippen LogP contribution < -0.4 is 11.1 Å². The number of fused-ring (bicyclic) bond motifs is 8. The fraction of sp³-hybridized carbons (Fsp3) is 0.133. The zero-order chi connectivity index (χ0) is 25.8. The highest BCUT2D eigenvalue weighted by Crippen LogP contribution is 2.56. The fourth-order valence-electron chi connectivity index (χ4n) is 5.29. The lowest BCUT2D eigenvalue weighted by Crippen LogP contribution is -2.23. The summed E-state index contributed by atoms with van der Waals surface area (Å²) in [7, 11) is 0. The number of rotatable bonds is 5. The normalized spacial score (nSPS) is 16.8. The lowest BCUT2D eigenvalue weighted by atomic mass is 9.81. The molecule has 0 saturated carbocycles. The molecule has 4 N–H and O–H groups in total. The molecule has 0 spiro atoms. The first-order chi connectivity index (χ1) is 17.8. The van der Waals surface area contributed by atoms with E-state index in [9.17, 15) is 9.18 Å². The second-order valence-corrected chi connectivity index (χ2v) is 9.45. The van der Waals surface area contributed by atoms with Crippen molar-refractivity contribution in [3.8, 4) is 11.1 Å². The van der Waals surface area contributed by atoms with Crippen LogP contribution in [-0.2, 0) is 11.3 Å². The molecular formula is C30H23F2N3O2. The summed E-state index contributed by atoms with van der Waals surface area (Å²) in [6.45, 7) is 2.22. The number of aryl methyl sites for hydroxylation is 1. The Labute approximate surface area is 212 Å². The van der Waals surface area contributed by atoms with Gasteiger partial charge in [0.2, 0.25) is 0 Å². The van der Waals surface area contributed by atoms with E-state index < -0.39 is 23.9 Å². The number of carbonyl (C=O) groups is 1. The summed E-state index contributed by atoms with van der Waals surface area (Å²) >= 11 is 0. The minimum atomic E-state index is -0.519. The molecule has 1 amide bonds. The standard InChI is InChI=1S/C30H23F2N3O2/c1-15-10-19(17-6-8-21(31)9-7-17)11-22-25(15)28-26-23(27(22)37-28)12-20(13-24(26)32)30(36)35-14-16-2-4-18(5-3-16)29(33)34/h2-13,27-28H,14H2,1H3,(H3,33,34)(H,35,36). The van der Waals surface area contributed by atoms with Crippen molar-refractivity contribution in [1.29, 1.82) is 5.41 Å². The molecule has 0 radical (unpaired) electrons. The molecule has 0 aliphatic carbocycles. The van der Waals surface area contributed by atoms with Gasteiger partial charge in [0.25, 0.3) is 5.91 Å². The quantitative estimate of drug-likeness (QED) is 0.246. The summed E-state index contributed by atoms with van der Waals surface area (Å²) in [4.78, 5) is 12.9. The molecule has 6 rings (SSSR count). The summed E-state index contributed by atoms with van der Waals surface area (Å²) < 4.78 is 35.0. The van der Waals surface area contributed by atoms with Crippen LogP contribution in [0.2, 0.25) is 0 Å². The largest absolute Gasteiger partial charge is 0.384 e. The van der Waals surface area contributed by atoms with Crippen LogP contribution in [0.1, 0.15) is 61.5 Å².